The topological polar surface area (TPSA) is 70.6 Å². The summed E-state index contributed by atoms with van der Waals surface area (Å²) in [5.41, 5.74) is 3.99. The molecular formula is C17H15BrIN3O2. The van der Waals surface area contributed by atoms with Gasteiger partial charge in [0.25, 0.3) is 0 Å². The van der Waals surface area contributed by atoms with Crippen LogP contribution >= 0.6 is 38.5 Å². The second-order valence-electron chi connectivity index (χ2n) is 4.90. The van der Waals surface area contributed by atoms with Crippen LogP contribution in [-0.2, 0) is 9.59 Å². The lowest BCUT2D eigenvalue weighted by atomic mass is 10.2. The molecule has 0 aliphatic carbocycles. The second-order valence-corrected chi connectivity index (χ2v) is 7.06. The molecule has 0 aliphatic rings. The van der Waals surface area contributed by atoms with E-state index in [-0.39, 0.29) is 24.7 Å². The maximum atomic E-state index is 11.8. The second kappa shape index (κ2) is 9.53. The van der Waals surface area contributed by atoms with E-state index in [0.29, 0.717) is 5.69 Å². The van der Waals surface area contributed by atoms with Gasteiger partial charge >= 0.3 is 0 Å². The molecule has 0 bridgehead atoms. The third-order valence-corrected chi connectivity index (χ3v) is 4.17. The van der Waals surface area contributed by atoms with Crippen LogP contribution < -0.4 is 10.7 Å². The highest BCUT2D eigenvalue weighted by Crippen LogP contribution is 2.15. The Morgan fingerprint density at radius 3 is 2.50 bits per heavy atom. The van der Waals surface area contributed by atoms with E-state index in [1.165, 1.54) is 0 Å². The Kier molecular flexibility index (Phi) is 7.38. The summed E-state index contributed by atoms with van der Waals surface area (Å²) in [6, 6.07) is 15.0. The Balaban J connectivity index is 1.72. The summed E-state index contributed by atoms with van der Waals surface area (Å²) in [7, 11) is 0. The normalized spacial score (nSPS) is 10.6. The number of carbonyl (C=O) groups excluding carboxylic acids is 2. The number of hydrazone groups is 1. The quantitative estimate of drug-likeness (QED) is 0.359. The molecular weight excluding hydrogens is 485 g/mol. The van der Waals surface area contributed by atoms with E-state index in [0.717, 1.165) is 13.6 Å². The number of amides is 2. The van der Waals surface area contributed by atoms with Gasteiger partial charge in [-0.05, 0) is 58.5 Å². The number of halogens is 2. The summed E-state index contributed by atoms with van der Waals surface area (Å²) in [5.74, 6) is -0.522. The van der Waals surface area contributed by atoms with Crippen LogP contribution in [0.4, 0.5) is 5.69 Å². The molecule has 0 fully saturated rings. The molecule has 0 radical (unpaired) electrons. The van der Waals surface area contributed by atoms with Gasteiger partial charge < -0.3 is 5.32 Å². The van der Waals surface area contributed by atoms with Crippen molar-refractivity contribution in [2.24, 2.45) is 5.10 Å². The van der Waals surface area contributed by atoms with Crippen LogP contribution in [0.3, 0.4) is 0 Å². The van der Waals surface area contributed by atoms with E-state index in [9.17, 15) is 9.59 Å². The average Bonchev–Trinajstić information content (AvgIpc) is 2.55. The molecule has 2 rings (SSSR count). The van der Waals surface area contributed by atoms with E-state index < -0.39 is 0 Å². The van der Waals surface area contributed by atoms with Gasteiger partial charge in [-0.2, -0.15) is 5.10 Å². The fourth-order valence-electron chi connectivity index (χ4n) is 1.80. The highest BCUT2D eigenvalue weighted by atomic mass is 127. The molecule has 0 unspecified atom stereocenters. The number of hydrogen-bond donors (Lipinski definition) is 2. The summed E-state index contributed by atoms with van der Waals surface area (Å²) in [4.78, 5) is 23.5. The molecule has 24 heavy (non-hydrogen) atoms. The summed E-state index contributed by atoms with van der Waals surface area (Å²) >= 11 is 5.55. The maximum Gasteiger partial charge on any atom is 0.240 e. The summed E-state index contributed by atoms with van der Waals surface area (Å²) in [6.45, 7) is 0. The van der Waals surface area contributed by atoms with Crippen molar-refractivity contribution in [1.29, 1.82) is 0 Å². The standard InChI is InChI=1S/C17H15BrIN3O2/c18-13-2-1-3-15(10-13)21-16(23)8-9-17(24)22-20-11-12-4-6-14(19)7-5-12/h1-7,10-11H,8-9H2,(H,21,23)(H,22,24). The number of anilines is 1. The Morgan fingerprint density at radius 2 is 1.79 bits per heavy atom. The first kappa shape index (κ1) is 18.6. The maximum absolute atomic E-state index is 11.8. The van der Waals surface area contributed by atoms with Crippen LogP contribution in [0.15, 0.2) is 58.1 Å². The minimum absolute atomic E-state index is 0.0733. The number of nitrogens with zero attached hydrogens (tertiary/aromatic N) is 1. The Bertz CT molecular complexity index is 748. The molecule has 0 atom stereocenters. The molecule has 2 aromatic rings. The van der Waals surface area contributed by atoms with Gasteiger partial charge in [-0.1, -0.05) is 34.1 Å². The molecule has 0 saturated carbocycles. The molecule has 2 amide bonds. The third-order valence-electron chi connectivity index (χ3n) is 2.96. The monoisotopic (exact) mass is 499 g/mol. The molecule has 0 aliphatic heterocycles. The smallest absolute Gasteiger partial charge is 0.240 e. The first-order chi connectivity index (χ1) is 11.5. The average molecular weight is 500 g/mol. The number of rotatable bonds is 6. The van der Waals surface area contributed by atoms with Crippen molar-refractivity contribution in [3.8, 4) is 0 Å². The number of carbonyl (C=O) groups is 2. The van der Waals surface area contributed by atoms with E-state index in [1.54, 1.807) is 18.3 Å². The van der Waals surface area contributed by atoms with Crippen molar-refractivity contribution in [3.63, 3.8) is 0 Å². The molecule has 0 spiro atoms. The van der Waals surface area contributed by atoms with Gasteiger partial charge in [0.2, 0.25) is 11.8 Å². The summed E-state index contributed by atoms with van der Waals surface area (Å²) in [6.07, 6.45) is 1.73. The summed E-state index contributed by atoms with van der Waals surface area (Å²) < 4.78 is 2.01. The van der Waals surface area contributed by atoms with Crippen LogP contribution in [0.25, 0.3) is 0 Å². The zero-order valence-corrected chi connectivity index (χ0v) is 16.4. The number of benzene rings is 2. The van der Waals surface area contributed by atoms with Gasteiger partial charge in [0.15, 0.2) is 0 Å². The van der Waals surface area contributed by atoms with Crippen molar-refractivity contribution in [2.75, 3.05) is 5.32 Å². The Morgan fingerprint density at radius 1 is 1.08 bits per heavy atom. The van der Waals surface area contributed by atoms with Crippen molar-refractivity contribution >= 4 is 62.2 Å². The predicted molar refractivity (Wildman–Crippen MR) is 107 cm³/mol. The Labute approximate surface area is 162 Å². The van der Waals surface area contributed by atoms with Crippen molar-refractivity contribution in [1.82, 2.24) is 5.43 Å². The molecule has 0 heterocycles. The van der Waals surface area contributed by atoms with Gasteiger partial charge in [0.1, 0.15) is 0 Å². The highest BCUT2D eigenvalue weighted by Gasteiger charge is 2.06. The minimum atomic E-state index is -0.304. The zero-order chi connectivity index (χ0) is 17.4. The number of nitrogens with one attached hydrogen (secondary N) is 2. The fourth-order valence-corrected chi connectivity index (χ4v) is 2.56. The molecule has 124 valence electrons. The van der Waals surface area contributed by atoms with Crippen LogP contribution in [0.2, 0.25) is 0 Å². The van der Waals surface area contributed by atoms with Crippen molar-refractivity contribution < 1.29 is 9.59 Å². The van der Waals surface area contributed by atoms with Crippen LogP contribution in [0.5, 0.6) is 0 Å². The van der Waals surface area contributed by atoms with E-state index in [4.69, 9.17) is 0 Å². The third kappa shape index (κ3) is 6.79. The van der Waals surface area contributed by atoms with Crippen LogP contribution in [0.1, 0.15) is 18.4 Å². The molecule has 0 saturated heterocycles. The van der Waals surface area contributed by atoms with Gasteiger partial charge in [0.05, 0.1) is 6.21 Å². The van der Waals surface area contributed by atoms with Crippen LogP contribution in [0, 0.1) is 3.57 Å². The molecule has 2 N–H and O–H groups in total. The lowest BCUT2D eigenvalue weighted by Crippen LogP contribution is -2.20. The van der Waals surface area contributed by atoms with E-state index in [2.05, 4.69) is 54.4 Å². The molecule has 0 aromatic heterocycles. The first-order valence-electron chi connectivity index (χ1n) is 7.16. The van der Waals surface area contributed by atoms with Gasteiger partial charge in [-0.3, -0.25) is 9.59 Å². The van der Waals surface area contributed by atoms with Gasteiger partial charge in [0, 0.05) is 26.6 Å². The minimum Gasteiger partial charge on any atom is -0.326 e. The van der Waals surface area contributed by atoms with E-state index >= 15 is 0 Å². The van der Waals surface area contributed by atoms with Crippen LogP contribution in [-0.4, -0.2) is 18.0 Å². The van der Waals surface area contributed by atoms with Crippen molar-refractivity contribution in [2.45, 2.75) is 12.8 Å². The Hall–Kier alpha value is -1.74. The molecule has 5 nitrogen and oxygen atoms in total. The summed E-state index contributed by atoms with van der Waals surface area (Å²) in [5, 5.41) is 6.62. The SMILES string of the molecule is O=C(CCC(=O)Nc1cccc(Br)c1)NN=Cc1ccc(I)cc1. The fraction of sp³-hybridized carbons (Fsp3) is 0.118. The van der Waals surface area contributed by atoms with Gasteiger partial charge in [-0.25, -0.2) is 5.43 Å². The van der Waals surface area contributed by atoms with Crippen molar-refractivity contribution in [3.05, 3.63) is 62.1 Å². The van der Waals surface area contributed by atoms with E-state index in [1.807, 2.05) is 36.4 Å². The molecule has 7 heteroatoms. The lowest BCUT2D eigenvalue weighted by Gasteiger charge is -2.05. The van der Waals surface area contributed by atoms with Gasteiger partial charge in [-0.15, -0.1) is 0 Å². The predicted octanol–water partition coefficient (Wildman–Crippen LogP) is 3.92. The molecule has 2 aromatic carbocycles. The largest absolute Gasteiger partial charge is 0.326 e. The first-order valence-corrected chi connectivity index (χ1v) is 9.03. The lowest BCUT2D eigenvalue weighted by molar-refractivity contribution is -0.124. The zero-order valence-electron chi connectivity index (χ0n) is 12.6. The highest BCUT2D eigenvalue weighted by molar-refractivity contribution is 14.1. The number of hydrogen-bond acceptors (Lipinski definition) is 3.